The third-order valence-corrected chi connectivity index (χ3v) is 5.25. The summed E-state index contributed by atoms with van der Waals surface area (Å²) >= 11 is 6.78. The minimum atomic E-state index is -0.0951. The lowest BCUT2D eigenvalue weighted by atomic mass is 10.1. The highest BCUT2D eigenvalue weighted by Crippen LogP contribution is 2.38. The van der Waals surface area contributed by atoms with Gasteiger partial charge in [0.25, 0.3) is 5.91 Å². The van der Waals surface area contributed by atoms with Crippen molar-refractivity contribution in [2.45, 2.75) is 13.0 Å². The van der Waals surface area contributed by atoms with Crippen molar-refractivity contribution in [3.05, 3.63) is 70.6 Å². The van der Waals surface area contributed by atoms with Gasteiger partial charge in [0.1, 0.15) is 10.1 Å². The van der Waals surface area contributed by atoms with Crippen molar-refractivity contribution >= 4 is 40.3 Å². The fourth-order valence-corrected chi connectivity index (χ4v) is 4.03. The van der Waals surface area contributed by atoms with Crippen molar-refractivity contribution in [1.29, 1.82) is 0 Å². The molecule has 1 aliphatic rings. The molecule has 2 aromatic carbocycles. The molecule has 2 aromatic rings. The summed E-state index contributed by atoms with van der Waals surface area (Å²) in [6.45, 7) is 1.99. The number of benzene rings is 2. The van der Waals surface area contributed by atoms with Gasteiger partial charge in [-0.15, -0.1) is 0 Å². The van der Waals surface area contributed by atoms with Gasteiger partial charge >= 0.3 is 0 Å². The van der Waals surface area contributed by atoms with Crippen LogP contribution in [0.4, 0.5) is 0 Å². The number of hydrogen-bond donors (Lipinski definition) is 0. The Balaban J connectivity index is 1.90. The molecule has 0 radical (unpaired) electrons. The van der Waals surface area contributed by atoms with Gasteiger partial charge in [0.15, 0.2) is 0 Å². The highest BCUT2D eigenvalue weighted by atomic mass is 32.2. The predicted octanol–water partition coefficient (Wildman–Crippen LogP) is 4.66. The first-order chi connectivity index (χ1) is 11.6. The molecule has 122 valence electrons. The summed E-state index contributed by atoms with van der Waals surface area (Å²) in [6.07, 6.45) is 1.84. The largest absolute Gasteiger partial charge is 0.496 e. The van der Waals surface area contributed by atoms with Crippen LogP contribution >= 0.6 is 24.0 Å². The van der Waals surface area contributed by atoms with E-state index in [-0.39, 0.29) is 11.9 Å². The number of carbonyl (C=O) groups is 1. The molecule has 1 atom stereocenters. The molecule has 0 bridgehead atoms. The maximum absolute atomic E-state index is 12.8. The third kappa shape index (κ3) is 3.23. The molecule has 0 aromatic heterocycles. The molecule has 24 heavy (non-hydrogen) atoms. The van der Waals surface area contributed by atoms with Gasteiger partial charge in [0, 0.05) is 5.56 Å². The van der Waals surface area contributed by atoms with E-state index in [1.165, 1.54) is 11.8 Å². The summed E-state index contributed by atoms with van der Waals surface area (Å²) in [5, 5.41) is 0. The van der Waals surface area contributed by atoms with E-state index in [4.69, 9.17) is 17.0 Å². The summed E-state index contributed by atoms with van der Waals surface area (Å²) in [4.78, 5) is 15.1. The molecular formula is C19H17NO2S2. The number of nitrogens with zero attached hydrogens (tertiary/aromatic N) is 1. The van der Waals surface area contributed by atoms with E-state index >= 15 is 0 Å². The number of para-hydroxylation sites is 1. The molecule has 0 N–H and O–H groups in total. The second-order valence-electron chi connectivity index (χ2n) is 5.38. The number of carbonyl (C=O) groups excluding carboxylic acids is 1. The number of thiocarbonyl (C=S) groups is 1. The van der Waals surface area contributed by atoms with Crippen LogP contribution in [-0.4, -0.2) is 22.2 Å². The quantitative estimate of drug-likeness (QED) is 0.589. The molecule has 0 saturated carbocycles. The van der Waals surface area contributed by atoms with Crippen LogP contribution in [0.25, 0.3) is 6.08 Å². The minimum Gasteiger partial charge on any atom is -0.496 e. The van der Waals surface area contributed by atoms with E-state index in [1.807, 2.05) is 67.6 Å². The second-order valence-corrected chi connectivity index (χ2v) is 7.06. The van der Waals surface area contributed by atoms with E-state index in [0.29, 0.717) is 9.23 Å². The Hall–Kier alpha value is -2.11. The number of thioether (sulfide) groups is 1. The summed E-state index contributed by atoms with van der Waals surface area (Å²) < 4.78 is 5.93. The van der Waals surface area contributed by atoms with E-state index in [9.17, 15) is 4.79 Å². The smallest absolute Gasteiger partial charge is 0.266 e. The molecule has 0 spiro atoms. The lowest BCUT2D eigenvalue weighted by Crippen LogP contribution is -2.30. The fourth-order valence-electron chi connectivity index (χ4n) is 2.62. The van der Waals surface area contributed by atoms with Crippen LogP contribution in [0.15, 0.2) is 59.5 Å². The summed E-state index contributed by atoms with van der Waals surface area (Å²) in [6, 6.07) is 17.4. The summed E-state index contributed by atoms with van der Waals surface area (Å²) in [7, 11) is 1.62. The topological polar surface area (TPSA) is 29.5 Å². The maximum atomic E-state index is 12.8. The van der Waals surface area contributed by atoms with Crippen LogP contribution in [-0.2, 0) is 4.79 Å². The highest BCUT2D eigenvalue weighted by Gasteiger charge is 2.35. The first kappa shape index (κ1) is 16.7. The predicted molar refractivity (Wildman–Crippen MR) is 103 cm³/mol. The summed E-state index contributed by atoms with van der Waals surface area (Å²) in [5.41, 5.74) is 1.93. The Labute approximate surface area is 151 Å². The van der Waals surface area contributed by atoms with Crippen molar-refractivity contribution in [3.63, 3.8) is 0 Å². The zero-order valence-electron chi connectivity index (χ0n) is 13.4. The molecule has 1 heterocycles. The fraction of sp³-hybridized carbons (Fsp3) is 0.158. The number of ether oxygens (including phenoxy) is 1. The Morgan fingerprint density at radius 3 is 2.50 bits per heavy atom. The van der Waals surface area contributed by atoms with Gasteiger partial charge in [0.05, 0.1) is 18.1 Å². The molecule has 1 aliphatic heterocycles. The van der Waals surface area contributed by atoms with Crippen molar-refractivity contribution < 1.29 is 9.53 Å². The van der Waals surface area contributed by atoms with Crippen molar-refractivity contribution in [3.8, 4) is 5.75 Å². The molecule has 1 fully saturated rings. The van der Waals surface area contributed by atoms with Gasteiger partial charge in [-0.1, -0.05) is 72.5 Å². The first-order valence-electron chi connectivity index (χ1n) is 7.57. The molecule has 1 amide bonds. The monoisotopic (exact) mass is 355 g/mol. The van der Waals surface area contributed by atoms with Gasteiger partial charge in [0.2, 0.25) is 0 Å². The van der Waals surface area contributed by atoms with Gasteiger partial charge in [-0.05, 0) is 24.6 Å². The van der Waals surface area contributed by atoms with E-state index in [2.05, 4.69) is 0 Å². The molecule has 1 saturated heterocycles. The lowest BCUT2D eigenvalue weighted by Gasteiger charge is -2.23. The molecular weight excluding hydrogens is 338 g/mol. The van der Waals surface area contributed by atoms with Crippen LogP contribution in [0, 0.1) is 0 Å². The Morgan fingerprint density at radius 2 is 1.79 bits per heavy atom. The molecule has 3 rings (SSSR count). The average molecular weight is 355 g/mol. The lowest BCUT2D eigenvalue weighted by molar-refractivity contribution is -0.123. The normalized spacial score (nSPS) is 17.4. The van der Waals surface area contributed by atoms with Gasteiger partial charge in [-0.25, -0.2) is 0 Å². The van der Waals surface area contributed by atoms with Crippen LogP contribution in [0.3, 0.4) is 0 Å². The zero-order valence-corrected chi connectivity index (χ0v) is 15.1. The number of amides is 1. The standard InChI is InChI=1S/C19H17NO2S2/c1-13(14-8-4-3-5-9-14)20-18(21)17(24-19(20)23)12-15-10-6-7-11-16(15)22-2/h3-13H,1-2H3/b17-12+. The highest BCUT2D eigenvalue weighted by molar-refractivity contribution is 8.26. The first-order valence-corrected chi connectivity index (χ1v) is 8.79. The van der Waals surface area contributed by atoms with Gasteiger partial charge in [-0.2, -0.15) is 0 Å². The zero-order chi connectivity index (χ0) is 17.1. The van der Waals surface area contributed by atoms with Gasteiger partial charge in [-0.3, -0.25) is 9.69 Å². The number of methoxy groups -OCH3 is 1. The Bertz CT molecular complexity index is 802. The third-order valence-electron chi connectivity index (χ3n) is 3.92. The number of rotatable bonds is 4. The number of hydrogen-bond acceptors (Lipinski definition) is 4. The average Bonchev–Trinajstić information content (AvgIpc) is 2.89. The van der Waals surface area contributed by atoms with E-state index in [1.54, 1.807) is 12.0 Å². The Morgan fingerprint density at radius 1 is 1.12 bits per heavy atom. The van der Waals surface area contributed by atoms with Crippen LogP contribution in [0.2, 0.25) is 0 Å². The minimum absolute atomic E-state index is 0.0627. The SMILES string of the molecule is COc1ccccc1/C=C1/SC(=S)N(C(C)c2ccccc2)C1=O. The molecule has 0 aliphatic carbocycles. The van der Waals surface area contributed by atoms with Crippen LogP contribution in [0.5, 0.6) is 5.75 Å². The van der Waals surface area contributed by atoms with Crippen LogP contribution in [0.1, 0.15) is 24.1 Å². The maximum Gasteiger partial charge on any atom is 0.266 e. The van der Waals surface area contributed by atoms with Crippen LogP contribution < -0.4 is 4.74 Å². The van der Waals surface area contributed by atoms with E-state index in [0.717, 1.165) is 16.9 Å². The van der Waals surface area contributed by atoms with Gasteiger partial charge < -0.3 is 4.74 Å². The molecule has 5 heteroatoms. The van der Waals surface area contributed by atoms with E-state index < -0.39 is 0 Å². The Kier molecular flexibility index (Phi) is 5.02. The molecule has 3 nitrogen and oxygen atoms in total. The van der Waals surface area contributed by atoms with Crippen molar-refractivity contribution in [2.75, 3.05) is 7.11 Å². The van der Waals surface area contributed by atoms with Crippen molar-refractivity contribution in [1.82, 2.24) is 4.90 Å². The van der Waals surface area contributed by atoms with Crippen molar-refractivity contribution in [2.24, 2.45) is 0 Å². The summed E-state index contributed by atoms with van der Waals surface area (Å²) in [5.74, 6) is 0.672. The molecule has 1 unspecified atom stereocenters. The second kappa shape index (κ2) is 7.20.